The van der Waals surface area contributed by atoms with Crippen LogP contribution in [-0.4, -0.2) is 9.39 Å². The molecule has 4 nitrogen and oxygen atoms in total. The van der Waals surface area contributed by atoms with Crippen molar-refractivity contribution in [2.75, 3.05) is 0 Å². The molecule has 0 N–H and O–H groups in total. The molecule has 0 bridgehead atoms. The molecule has 574 valence electrons. The molecule has 6 heteroatoms. The average molecular weight is 1470 g/mol. The van der Waals surface area contributed by atoms with Gasteiger partial charge in [-0.1, -0.05) is 200 Å². The SMILES string of the molecule is CCCCCC1=C(c2cc(CCC)c(CCCC)c(CCC)c2)[N+](=[N-])C(c2cc(CCC)c(CCCC)c(CCC)c2)=C1CC.CCCCCCC1=C(c2cc(CCCC)c(C)c(CCCC)c2)[N+](=[N-])C(c2cc(CCCC)c(C)c(CCCC)c2)=C1CCCC.CC[CH2][Ni][CH2]CC.[CH3][Ni][CH3]. The van der Waals surface area contributed by atoms with Crippen molar-refractivity contribution < 1.29 is 38.3 Å². The standard InChI is InChI=1S/C44H68N2.C43H66N2.2C3H7.2CH3.2Ni/c1-9-15-21-22-28-42-41(27-20-14-6)43(39-29-35(23-16-10-2)33(7)36(30-39)24-17-11-3)46(45)44(42)40-31-37(25-18-12-4)34(8)38(32-40)26-19-13-5;1-9-17-20-27-41-38(16-8)42(36-28-32(21-12-4)39(25-18-10-2)33(29-36)22-13-5)45(44)43(41)37-30-34(23-14-6)40(26-19-11-3)35(31-37)24-15-7;2*1-3-2;;;;/h29-32H,9-28H2,1-8H3;28-31H,9-27H2,1-8H3;2*1,3H2,2H3;2*1H3;;. The Bertz CT molecular complexity index is 3080. The Kier molecular flexibility index (Phi) is 48.5. The molecule has 0 fully saturated rings. The Balaban J connectivity index is 0.000000463. The van der Waals surface area contributed by atoms with Crippen molar-refractivity contribution in [1.82, 2.24) is 0 Å². The fraction of sp³-hybridized carbons (Fsp3) is 0.663. The number of benzene rings is 4. The third kappa shape index (κ3) is 28.4. The van der Waals surface area contributed by atoms with Crippen molar-refractivity contribution in [1.29, 1.82) is 0 Å². The van der Waals surface area contributed by atoms with Gasteiger partial charge in [-0.3, -0.25) is 0 Å². The monoisotopic (exact) mass is 1470 g/mol. The number of aryl methyl sites for hydroxylation is 8. The van der Waals surface area contributed by atoms with E-state index in [0.717, 1.165) is 145 Å². The average Bonchev–Trinajstić information content (AvgIpc) is 1.61. The van der Waals surface area contributed by atoms with Crippen LogP contribution < -0.4 is 0 Å². The molecule has 0 saturated carbocycles. The molecule has 2 heterocycles. The van der Waals surface area contributed by atoms with Gasteiger partial charge >= 0.3 is 78.1 Å². The van der Waals surface area contributed by atoms with Crippen LogP contribution in [0.2, 0.25) is 22.6 Å². The van der Waals surface area contributed by atoms with E-state index < -0.39 is 0 Å². The molecule has 0 saturated heterocycles. The Morgan fingerprint density at radius 3 is 0.772 bits per heavy atom. The Morgan fingerprint density at radius 1 is 0.257 bits per heavy atom. The van der Waals surface area contributed by atoms with E-state index in [4.69, 9.17) is 0 Å². The fourth-order valence-electron chi connectivity index (χ4n) is 15.3. The molecule has 4 aromatic rings. The molecular formula is C95H154N4Ni2. The number of hydrogen-bond donors (Lipinski definition) is 0. The van der Waals surface area contributed by atoms with E-state index in [1.54, 1.807) is 35.0 Å². The van der Waals surface area contributed by atoms with Crippen molar-refractivity contribution >= 4 is 22.8 Å². The van der Waals surface area contributed by atoms with Crippen LogP contribution in [-0.2, 0) is 93.1 Å². The van der Waals surface area contributed by atoms with E-state index in [1.165, 1.54) is 252 Å². The van der Waals surface area contributed by atoms with Crippen LogP contribution in [0.15, 0.2) is 70.8 Å². The minimum absolute atomic E-state index is 0.930. The summed E-state index contributed by atoms with van der Waals surface area (Å²) >= 11 is 3.52. The minimum atomic E-state index is 0.930. The van der Waals surface area contributed by atoms with Crippen LogP contribution >= 0.6 is 0 Å². The number of nitrogens with zero attached hydrogens (tertiary/aromatic N) is 4. The summed E-state index contributed by atoms with van der Waals surface area (Å²) in [7, 11) is 0. The maximum absolute atomic E-state index is 12.5. The second kappa shape index (κ2) is 53.7. The summed E-state index contributed by atoms with van der Waals surface area (Å²) in [6.07, 6.45) is 47.9. The quantitative estimate of drug-likeness (QED) is 0.0240. The first-order chi connectivity index (χ1) is 49.1. The summed E-state index contributed by atoms with van der Waals surface area (Å²) in [5, 5.41) is 2.72. The summed E-state index contributed by atoms with van der Waals surface area (Å²) in [4.78, 5) is 0. The van der Waals surface area contributed by atoms with Gasteiger partial charge in [0.25, 0.3) is 0 Å². The second-order valence-corrected chi connectivity index (χ2v) is 31.9. The van der Waals surface area contributed by atoms with Crippen LogP contribution in [0.4, 0.5) is 0 Å². The molecule has 2 aliphatic heterocycles. The van der Waals surface area contributed by atoms with E-state index in [2.05, 4.69) is 185 Å². The van der Waals surface area contributed by atoms with Gasteiger partial charge in [-0.05, 0) is 277 Å². The van der Waals surface area contributed by atoms with Gasteiger partial charge in [0.05, 0.1) is 0 Å². The molecule has 0 spiro atoms. The molecule has 0 aliphatic carbocycles. The van der Waals surface area contributed by atoms with E-state index in [1.807, 2.05) is 14.4 Å². The third-order valence-corrected chi connectivity index (χ3v) is 22.4. The molecule has 0 unspecified atom stereocenters. The van der Waals surface area contributed by atoms with E-state index >= 15 is 0 Å². The van der Waals surface area contributed by atoms with Gasteiger partial charge in [0.2, 0.25) is 22.8 Å². The number of allylic oxidation sites excluding steroid dienone is 4. The number of rotatable bonds is 47. The van der Waals surface area contributed by atoms with Crippen molar-refractivity contribution in [3.05, 3.63) is 171 Å². The Hall–Kier alpha value is -3.97. The van der Waals surface area contributed by atoms with Gasteiger partial charge < -0.3 is 11.1 Å². The van der Waals surface area contributed by atoms with Crippen molar-refractivity contribution in [2.45, 2.75) is 410 Å². The summed E-state index contributed by atoms with van der Waals surface area (Å²) in [5.74, 6) is 4.12. The summed E-state index contributed by atoms with van der Waals surface area (Å²) in [6, 6.07) is 19.6. The summed E-state index contributed by atoms with van der Waals surface area (Å²) < 4.78 is 3.30. The molecule has 6 rings (SSSR count). The van der Waals surface area contributed by atoms with Crippen LogP contribution in [0.1, 0.15) is 399 Å². The van der Waals surface area contributed by atoms with Gasteiger partial charge in [-0.15, -0.1) is 0 Å². The Morgan fingerprint density at radius 2 is 0.495 bits per heavy atom. The van der Waals surface area contributed by atoms with Gasteiger partial charge in [0, 0.05) is 44.5 Å². The van der Waals surface area contributed by atoms with Crippen molar-refractivity contribution in [2.24, 2.45) is 0 Å². The Labute approximate surface area is 638 Å². The van der Waals surface area contributed by atoms with Crippen LogP contribution in [0.25, 0.3) is 33.9 Å². The third-order valence-electron chi connectivity index (χ3n) is 20.7. The maximum atomic E-state index is 12.5. The molecule has 0 atom stereocenters. The first kappa shape index (κ1) is 91.2. The van der Waals surface area contributed by atoms with Crippen LogP contribution in [0.3, 0.4) is 0 Å². The van der Waals surface area contributed by atoms with Gasteiger partial charge in [0.15, 0.2) is 0 Å². The molecule has 101 heavy (non-hydrogen) atoms. The van der Waals surface area contributed by atoms with Gasteiger partial charge in [-0.25, -0.2) is 9.39 Å². The van der Waals surface area contributed by atoms with Crippen LogP contribution in [0.5, 0.6) is 0 Å². The van der Waals surface area contributed by atoms with Crippen molar-refractivity contribution in [3.63, 3.8) is 0 Å². The summed E-state index contributed by atoms with van der Waals surface area (Å²) in [6.45, 7) is 41.3. The molecular weight excluding hydrogens is 1310 g/mol. The van der Waals surface area contributed by atoms with Gasteiger partial charge in [0.1, 0.15) is 0 Å². The summed E-state index contributed by atoms with van der Waals surface area (Å²) in [5.41, 5.74) is 57.6. The zero-order valence-corrected chi connectivity index (χ0v) is 71.4. The predicted octanol–water partition coefficient (Wildman–Crippen LogP) is 31.2. The van der Waals surface area contributed by atoms with Crippen LogP contribution in [0, 0.1) is 13.8 Å². The number of hydrogen-bond acceptors (Lipinski definition) is 0. The zero-order valence-electron chi connectivity index (χ0n) is 69.4. The molecule has 0 aromatic heterocycles. The van der Waals surface area contributed by atoms with E-state index in [9.17, 15) is 11.1 Å². The second-order valence-electron chi connectivity index (χ2n) is 29.5. The molecule has 0 amide bonds. The van der Waals surface area contributed by atoms with E-state index in [-0.39, 0.29) is 0 Å². The molecule has 0 radical (unpaired) electrons. The fourth-order valence-corrected chi connectivity index (χ4v) is 16.2. The van der Waals surface area contributed by atoms with Gasteiger partial charge in [-0.2, -0.15) is 0 Å². The molecule has 2 aliphatic rings. The van der Waals surface area contributed by atoms with E-state index in [0.29, 0.717) is 0 Å². The first-order valence-corrected chi connectivity index (χ1v) is 45.6. The molecule has 4 aromatic carbocycles. The first-order valence-electron chi connectivity index (χ1n) is 42.3. The predicted molar refractivity (Wildman–Crippen MR) is 442 cm³/mol. The topological polar surface area (TPSA) is 50.6 Å². The normalized spacial score (nSPS) is 13.1. The van der Waals surface area contributed by atoms with Crippen molar-refractivity contribution in [3.8, 4) is 0 Å². The zero-order chi connectivity index (χ0) is 74.5. The number of unbranched alkanes of at least 4 members (excludes halogenated alkanes) is 12.